The Morgan fingerprint density at radius 2 is 1.82 bits per heavy atom. The second-order valence-corrected chi connectivity index (χ2v) is 10.0. The van der Waals surface area contributed by atoms with Crippen LogP contribution < -0.4 is 26.0 Å². The van der Waals surface area contributed by atoms with E-state index < -0.39 is 11.7 Å². The van der Waals surface area contributed by atoms with Gasteiger partial charge in [0.15, 0.2) is 0 Å². The zero-order chi connectivity index (χ0) is 28.9. The lowest BCUT2D eigenvalue weighted by Crippen LogP contribution is -2.43. The standard InChI is InChI=1S/C24H33BrFN7O2.C2H6.CH4S/c1-27-18-5-4-6-19(18)30-22-16(25)13-28-24(32-22)31-20-12-17(26)15(11-21(20)35-3)23(34)29-14-7-9-33(2)10-8-14;2*1-2/h11-14,18-19,27H,4-10H2,1-3H3,(H,29,34)(H2,28,30,31,32);1-2H3;2H,1H3/t18-,19-;;/m1../s1. The maximum absolute atomic E-state index is 15.0. The van der Waals surface area contributed by atoms with Gasteiger partial charge in [0.2, 0.25) is 5.95 Å². The minimum atomic E-state index is -0.642. The Kier molecular flexibility index (Phi) is 14.3. The highest BCUT2D eigenvalue weighted by Gasteiger charge is 2.27. The molecule has 2 heterocycles. The Hall–Kier alpha value is -2.15. The molecule has 9 nitrogen and oxygen atoms in total. The number of likely N-dealkylation sites (N-methyl/N-ethyl adjacent to an activating group) is 1. The summed E-state index contributed by atoms with van der Waals surface area (Å²) in [6, 6.07) is 3.32. The Bertz CT molecular complexity index is 1060. The van der Waals surface area contributed by atoms with Gasteiger partial charge in [-0.2, -0.15) is 17.6 Å². The molecular weight excluding hydrogens is 585 g/mol. The zero-order valence-electron chi connectivity index (χ0n) is 23.8. The van der Waals surface area contributed by atoms with Crippen molar-refractivity contribution in [1.29, 1.82) is 0 Å². The number of aromatic nitrogens is 2. The lowest BCUT2D eigenvalue weighted by molar-refractivity contribution is 0.0912. The first-order valence-electron chi connectivity index (χ1n) is 13.4. The molecule has 0 spiro atoms. The smallest absolute Gasteiger partial charge is 0.254 e. The minimum absolute atomic E-state index is 0.0337. The largest absolute Gasteiger partial charge is 0.495 e. The van der Waals surface area contributed by atoms with Crippen molar-refractivity contribution in [3.63, 3.8) is 0 Å². The summed E-state index contributed by atoms with van der Waals surface area (Å²) in [6.45, 7) is 5.81. The first-order valence-corrected chi connectivity index (χ1v) is 15.1. The van der Waals surface area contributed by atoms with Crippen molar-refractivity contribution in [2.75, 3.05) is 51.2 Å². The highest BCUT2D eigenvalue weighted by molar-refractivity contribution is 9.10. The van der Waals surface area contributed by atoms with Crippen molar-refractivity contribution in [3.05, 3.63) is 34.2 Å². The zero-order valence-corrected chi connectivity index (χ0v) is 26.3. The fourth-order valence-corrected chi connectivity index (χ4v) is 5.02. The Labute approximate surface area is 246 Å². The van der Waals surface area contributed by atoms with Gasteiger partial charge in [-0.15, -0.1) is 0 Å². The number of piperidine rings is 1. The molecule has 1 amide bonds. The van der Waals surface area contributed by atoms with Crippen LogP contribution in [0.3, 0.4) is 0 Å². The molecule has 2 aliphatic rings. The number of halogens is 2. The molecule has 1 saturated carbocycles. The molecule has 218 valence electrons. The highest BCUT2D eigenvalue weighted by Crippen LogP contribution is 2.32. The molecule has 1 aromatic carbocycles. The van der Waals surface area contributed by atoms with Crippen LogP contribution in [0.2, 0.25) is 0 Å². The van der Waals surface area contributed by atoms with Gasteiger partial charge in [-0.1, -0.05) is 13.8 Å². The maximum atomic E-state index is 15.0. The van der Waals surface area contributed by atoms with Gasteiger partial charge in [-0.05, 0) is 87.5 Å². The minimum Gasteiger partial charge on any atom is -0.495 e. The van der Waals surface area contributed by atoms with E-state index in [-0.39, 0.29) is 23.6 Å². The Morgan fingerprint density at radius 3 is 2.46 bits per heavy atom. The van der Waals surface area contributed by atoms with Crippen LogP contribution in [0.1, 0.15) is 56.3 Å². The number of methoxy groups -OCH3 is 1. The van der Waals surface area contributed by atoms with Gasteiger partial charge >= 0.3 is 0 Å². The van der Waals surface area contributed by atoms with E-state index in [1.54, 1.807) is 12.5 Å². The van der Waals surface area contributed by atoms with E-state index in [1.165, 1.54) is 19.2 Å². The van der Waals surface area contributed by atoms with Crippen LogP contribution in [0.15, 0.2) is 22.8 Å². The van der Waals surface area contributed by atoms with E-state index >= 15 is 0 Å². The molecule has 12 heteroatoms. The summed E-state index contributed by atoms with van der Waals surface area (Å²) >= 11 is 7.03. The van der Waals surface area contributed by atoms with E-state index in [0.29, 0.717) is 23.3 Å². The van der Waals surface area contributed by atoms with E-state index in [9.17, 15) is 9.18 Å². The van der Waals surface area contributed by atoms with Crippen LogP contribution in [0.5, 0.6) is 5.75 Å². The van der Waals surface area contributed by atoms with Gasteiger partial charge in [0.05, 0.1) is 22.8 Å². The average Bonchev–Trinajstić information content (AvgIpc) is 3.41. The number of benzene rings is 1. The number of nitrogens with one attached hydrogen (secondary N) is 4. The number of hydrogen-bond donors (Lipinski definition) is 5. The van der Waals surface area contributed by atoms with Gasteiger partial charge in [0, 0.05) is 30.4 Å². The van der Waals surface area contributed by atoms with Gasteiger partial charge in [-0.25, -0.2) is 9.37 Å². The summed E-state index contributed by atoms with van der Waals surface area (Å²) < 4.78 is 21.2. The molecule has 39 heavy (non-hydrogen) atoms. The Morgan fingerprint density at radius 1 is 1.15 bits per heavy atom. The van der Waals surface area contributed by atoms with Crippen molar-refractivity contribution in [3.8, 4) is 5.75 Å². The van der Waals surface area contributed by atoms with Gasteiger partial charge in [-0.3, -0.25) is 4.79 Å². The van der Waals surface area contributed by atoms with Crippen molar-refractivity contribution in [2.45, 2.75) is 64.1 Å². The second kappa shape index (κ2) is 16.8. The third kappa shape index (κ3) is 9.19. The molecule has 2 atom stereocenters. The first kappa shape index (κ1) is 33.1. The van der Waals surface area contributed by atoms with E-state index in [4.69, 9.17) is 4.74 Å². The fourth-order valence-electron chi connectivity index (χ4n) is 4.71. The quantitative estimate of drug-likeness (QED) is 0.258. The van der Waals surface area contributed by atoms with Crippen molar-refractivity contribution in [1.82, 2.24) is 25.5 Å². The van der Waals surface area contributed by atoms with Crippen LogP contribution in [0, 0.1) is 5.82 Å². The van der Waals surface area contributed by atoms with Crippen molar-refractivity contribution >= 4 is 51.9 Å². The molecule has 2 aromatic rings. The third-order valence-electron chi connectivity index (χ3n) is 6.79. The van der Waals surface area contributed by atoms with Crippen LogP contribution in [0.4, 0.5) is 21.8 Å². The molecule has 1 aliphatic carbocycles. The van der Waals surface area contributed by atoms with Crippen molar-refractivity contribution in [2.24, 2.45) is 0 Å². The number of anilines is 3. The predicted octanol–water partition coefficient (Wildman–Crippen LogP) is 5.08. The summed E-state index contributed by atoms with van der Waals surface area (Å²) in [7, 11) is 5.49. The molecule has 4 rings (SSSR count). The molecule has 0 bridgehead atoms. The van der Waals surface area contributed by atoms with Crippen LogP contribution >= 0.6 is 28.6 Å². The molecule has 1 aromatic heterocycles. The summed E-state index contributed by atoms with van der Waals surface area (Å²) in [5, 5.41) is 12.8. The van der Waals surface area contributed by atoms with Crippen LogP contribution in [-0.4, -0.2) is 79.5 Å². The lowest BCUT2D eigenvalue weighted by atomic mass is 10.0. The number of nitrogens with zero attached hydrogens (tertiary/aromatic N) is 3. The molecule has 2 fully saturated rings. The first-order chi connectivity index (χ1) is 18.9. The molecular formula is C27H43BrFN7O2S. The van der Waals surface area contributed by atoms with Crippen LogP contribution in [-0.2, 0) is 0 Å². The van der Waals surface area contributed by atoms with Crippen LogP contribution in [0.25, 0.3) is 0 Å². The monoisotopic (exact) mass is 627 g/mol. The summed E-state index contributed by atoms with van der Waals surface area (Å²) in [4.78, 5) is 23.9. The number of amides is 1. The maximum Gasteiger partial charge on any atom is 0.254 e. The molecule has 4 N–H and O–H groups in total. The Balaban J connectivity index is 0.00000127. The number of hydrogen-bond acceptors (Lipinski definition) is 9. The average molecular weight is 629 g/mol. The highest BCUT2D eigenvalue weighted by atomic mass is 79.9. The summed E-state index contributed by atoms with van der Waals surface area (Å²) in [6.07, 6.45) is 8.32. The normalized spacial score (nSPS) is 19.2. The number of carbonyl (C=O) groups excluding carboxylic acids is 1. The molecule has 0 unspecified atom stereocenters. The predicted molar refractivity (Wildman–Crippen MR) is 164 cm³/mol. The topological polar surface area (TPSA) is 103 Å². The SMILES string of the molecule is CC.CN[C@@H]1CCC[C@H]1Nc1nc(Nc2cc(F)c(C(=O)NC3CCN(C)CC3)cc2OC)ncc1Br.CS. The second-order valence-electron chi connectivity index (χ2n) is 9.18. The number of ether oxygens (including phenoxy) is 1. The van der Waals surface area contributed by atoms with E-state index in [1.807, 2.05) is 20.9 Å². The lowest BCUT2D eigenvalue weighted by Gasteiger charge is -2.29. The van der Waals surface area contributed by atoms with Gasteiger partial charge in [0.1, 0.15) is 17.4 Å². The molecule has 1 saturated heterocycles. The number of thiol groups is 1. The molecule has 0 radical (unpaired) electrons. The van der Waals surface area contributed by atoms with Gasteiger partial charge in [0.25, 0.3) is 5.91 Å². The van der Waals surface area contributed by atoms with Gasteiger partial charge < -0.3 is 30.9 Å². The van der Waals surface area contributed by atoms with Crippen molar-refractivity contribution < 1.29 is 13.9 Å². The fraction of sp³-hybridized carbons (Fsp3) is 0.593. The number of carbonyl (C=O) groups is 1. The third-order valence-corrected chi connectivity index (χ3v) is 7.37. The summed E-state index contributed by atoms with van der Waals surface area (Å²) in [5.41, 5.74) is 0.285. The summed E-state index contributed by atoms with van der Waals surface area (Å²) in [5.74, 6) is 0.187. The van der Waals surface area contributed by atoms with E-state index in [2.05, 4.69) is 71.7 Å². The van der Waals surface area contributed by atoms with E-state index in [0.717, 1.165) is 49.7 Å². The number of rotatable bonds is 8. The number of likely N-dealkylation sites (tertiary alicyclic amines) is 1. The molecule has 1 aliphatic heterocycles.